The molecule has 0 saturated carbocycles. The van der Waals surface area contributed by atoms with Crippen LogP contribution in [0.25, 0.3) is 0 Å². The lowest BCUT2D eigenvalue weighted by Crippen LogP contribution is -2.38. The number of guanidine groups is 1. The minimum absolute atomic E-state index is 0.685. The Bertz CT molecular complexity index is 517. The number of hydrogen-bond acceptors (Lipinski definition) is 3. The van der Waals surface area contributed by atoms with Crippen molar-refractivity contribution in [2.75, 3.05) is 13.1 Å². The molecular weight excluding hydrogens is 270 g/mol. The van der Waals surface area contributed by atoms with Gasteiger partial charge in [0.2, 0.25) is 0 Å². The molecule has 0 bridgehead atoms. The summed E-state index contributed by atoms with van der Waals surface area (Å²) < 4.78 is 5.30. The normalized spacial score (nSPS) is 11.3. The predicted molar refractivity (Wildman–Crippen MR) is 84.1 cm³/mol. The average Bonchev–Trinajstić information content (AvgIpc) is 3.14. The second-order valence-corrected chi connectivity index (χ2v) is 5.20. The van der Waals surface area contributed by atoms with Crippen LogP contribution in [0, 0.1) is 0 Å². The molecule has 106 valence electrons. The van der Waals surface area contributed by atoms with Crippen molar-refractivity contribution in [2.24, 2.45) is 4.99 Å². The molecule has 4 nitrogen and oxygen atoms in total. The molecule has 0 aromatic carbocycles. The van der Waals surface area contributed by atoms with Crippen molar-refractivity contribution < 1.29 is 4.42 Å². The average molecular weight is 289 g/mol. The molecule has 0 fully saturated rings. The van der Waals surface area contributed by atoms with Gasteiger partial charge in [-0.15, -0.1) is 17.9 Å². The largest absolute Gasteiger partial charge is 0.469 e. The van der Waals surface area contributed by atoms with Crippen LogP contribution in [-0.4, -0.2) is 19.0 Å². The van der Waals surface area contributed by atoms with Crippen LogP contribution in [-0.2, 0) is 13.0 Å². The van der Waals surface area contributed by atoms with E-state index in [1.807, 2.05) is 24.3 Å². The van der Waals surface area contributed by atoms with Crippen LogP contribution >= 0.6 is 11.3 Å². The minimum Gasteiger partial charge on any atom is -0.469 e. The maximum atomic E-state index is 5.30. The van der Waals surface area contributed by atoms with Gasteiger partial charge in [-0.3, -0.25) is 0 Å². The van der Waals surface area contributed by atoms with Crippen LogP contribution < -0.4 is 10.6 Å². The number of rotatable bonds is 7. The fraction of sp³-hybridized carbons (Fsp3) is 0.267. The Labute approximate surface area is 123 Å². The molecule has 0 amide bonds. The van der Waals surface area contributed by atoms with Crippen molar-refractivity contribution in [3.63, 3.8) is 0 Å². The van der Waals surface area contributed by atoms with E-state index in [0.29, 0.717) is 13.1 Å². The Kier molecular flexibility index (Phi) is 5.92. The lowest BCUT2D eigenvalue weighted by atomic mass is 10.3. The SMILES string of the molecule is C=CCNC(=NCc1cccs1)NCCc1ccco1. The van der Waals surface area contributed by atoms with Crippen LogP contribution in [0.5, 0.6) is 0 Å². The first-order chi connectivity index (χ1) is 9.88. The van der Waals surface area contributed by atoms with Gasteiger partial charge in [0.05, 0.1) is 12.8 Å². The van der Waals surface area contributed by atoms with Gasteiger partial charge in [-0.25, -0.2) is 4.99 Å². The number of hydrogen-bond donors (Lipinski definition) is 2. The maximum absolute atomic E-state index is 5.30. The fourth-order valence-corrected chi connectivity index (χ4v) is 2.29. The van der Waals surface area contributed by atoms with Crippen LogP contribution in [0.2, 0.25) is 0 Å². The van der Waals surface area contributed by atoms with E-state index in [1.54, 1.807) is 17.6 Å². The molecule has 0 unspecified atom stereocenters. The molecule has 0 aliphatic rings. The molecule has 2 aromatic heterocycles. The summed E-state index contributed by atoms with van der Waals surface area (Å²) in [6, 6.07) is 8.00. The van der Waals surface area contributed by atoms with Crippen molar-refractivity contribution in [1.82, 2.24) is 10.6 Å². The molecule has 0 spiro atoms. The molecule has 0 saturated heterocycles. The molecular formula is C15H19N3OS. The van der Waals surface area contributed by atoms with Crippen molar-refractivity contribution in [1.29, 1.82) is 0 Å². The maximum Gasteiger partial charge on any atom is 0.191 e. The highest BCUT2D eigenvalue weighted by Crippen LogP contribution is 2.09. The summed E-state index contributed by atoms with van der Waals surface area (Å²) >= 11 is 1.71. The monoisotopic (exact) mass is 289 g/mol. The number of nitrogens with zero attached hydrogens (tertiary/aromatic N) is 1. The number of nitrogens with one attached hydrogen (secondary N) is 2. The summed E-state index contributed by atoms with van der Waals surface area (Å²) in [6.45, 7) is 5.86. The van der Waals surface area contributed by atoms with Gasteiger partial charge in [0.25, 0.3) is 0 Å². The van der Waals surface area contributed by atoms with Crippen molar-refractivity contribution in [3.8, 4) is 0 Å². The van der Waals surface area contributed by atoms with Gasteiger partial charge < -0.3 is 15.1 Å². The van der Waals surface area contributed by atoms with E-state index in [-0.39, 0.29) is 0 Å². The topological polar surface area (TPSA) is 49.6 Å². The molecule has 0 aliphatic carbocycles. The Morgan fingerprint density at radius 3 is 3.00 bits per heavy atom. The van der Waals surface area contributed by atoms with Crippen molar-refractivity contribution in [2.45, 2.75) is 13.0 Å². The smallest absolute Gasteiger partial charge is 0.191 e. The third kappa shape index (κ3) is 4.93. The molecule has 0 radical (unpaired) electrons. The third-order valence-corrected chi connectivity index (χ3v) is 3.49. The van der Waals surface area contributed by atoms with Crippen LogP contribution in [0.15, 0.2) is 58.0 Å². The standard InChI is InChI=1S/C15H19N3OS/c1-2-8-16-15(18-12-14-6-4-11-20-14)17-9-7-13-5-3-10-19-13/h2-6,10-11H,1,7-9,12H2,(H2,16,17,18). The van der Waals surface area contributed by atoms with E-state index in [4.69, 9.17) is 4.42 Å². The van der Waals surface area contributed by atoms with E-state index < -0.39 is 0 Å². The fourth-order valence-electron chi connectivity index (χ4n) is 1.66. The quantitative estimate of drug-likeness (QED) is 0.468. The zero-order valence-corrected chi connectivity index (χ0v) is 12.2. The van der Waals surface area contributed by atoms with Crippen LogP contribution in [0.1, 0.15) is 10.6 Å². The Hall–Kier alpha value is -2.01. The molecule has 2 rings (SSSR count). The Morgan fingerprint density at radius 2 is 2.30 bits per heavy atom. The Balaban J connectivity index is 1.82. The summed E-state index contributed by atoms with van der Waals surface area (Å²) in [6.07, 6.45) is 4.34. The van der Waals surface area contributed by atoms with E-state index in [2.05, 4.69) is 33.7 Å². The van der Waals surface area contributed by atoms with Gasteiger partial charge in [0.15, 0.2) is 5.96 Å². The molecule has 0 aliphatic heterocycles. The highest BCUT2D eigenvalue weighted by molar-refractivity contribution is 7.09. The zero-order chi connectivity index (χ0) is 14.0. The highest BCUT2D eigenvalue weighted by Gasteiger charge is 2.00. The van der Waals surface area contributed by atoms with Crippen molar-refractivity contribution >= 4 is 17.3 Å². The van der Waals surface area contributed by atoms with Gasteiger partial charge in [-0.05, 0) is 23.6 Å². The molecule has 5 heteroatoms. The molecule has 2 N–H and O–H groups in total. The van der Waals surface area contributed by atoms with Gasteiger partial charge >= 0.3 is 0 Å². The Morgan fingerprint density at radius 1 is 1.35 bits per heavy atom. The first-order valence-electron chi connectivity index (χ1n) is 6.56. The van der Waals surface area contributed by atoms with Gasteiger partial charge in [-0.2, -0.15) is 0 Å². The van der Waals surface area contributed by atoms with Gasteiger partial charge in [0.1, 0.15) is 5.76 Å². The lowest BCUT2D eigenvalue weighted by molar-refractivity contribution is 0.507. The first kappa shape index (κ1) is 14.4. The van der Waals surface area contributed by atoms with E-state index in [9.17, 15) is 0 Å². The summed E-state index contributed by atoms with van der Waals surface area (Å²) in [5.41, 5.74) is 0. The molecule has 20 heavy (non-hydrogen) atoms. The number of thiophene rings is 1. The predicted octanol–water partition coefficient (Wildman–Crippen LogP) is 2.81. The summed E-state index contributed by atoms with van der Waals surface area (Å²) in [7, 11) is 0. The molecule has 2 aromatic rings. The molecule has 2 heterocycles. The van der Waals surface area contributed by atoms with Gasteiger partial charge in [-0.1, -0.05) is 12.1 Å². The van der Waals surface area contributed by atoms with Crippen LogP contribution in [0.4, 0.5) is 0 Å². The summed E-state index contributed by atoms with van der Waals surface area (Å²) in [4.78, 5) is 5.80. The first-order valence-corrected chi connectivity index (χ1v) is 7.44. The summed E-state index contributed by atoms with van der Waals surface area (Å²) in [5, 5.41) is 8.56. The number of aliphatic imine (C=N–C) groups is 1. The second kappa shape index (κ2) is 8.22. The minimum atomic E-state index is 0.685. The second-order valence-electron chi connectivity index (χ2n) is 4.17. The van der Waals surface area contributed by atoms with E-state index in [1.165, 1.54) is 4.88 Å². The summed E-state index contributed by atoms with van der Waals surface area (Å²) in [5.74, 6) is 1.77. The third-order valence-electron chi connectivity index (χ3n) is 2.63. The van der Waals surface area contributed by atoms with Gasteiger partial charge in [0, 0.05) is 24.4 Å². The lowest BCUT2D eigenvalue weighted by Gasteiger charge is -2.10. The van der Waals surface area contributed by atoms with Crippen LogP contribution in [0.3, 0.4) is 0 Å². The van der Waals surface area contributed by atoms with Crippen molar-refractivity contribution in [3.05, 3.63) is 59.2 Å². The van der Waals surface area contributed by atoms with E-state index in [0.717, 1.165) is 24.7 Å². The van der Waals surface area contributed by atoms with E-state index >= 15 is 0 Å². The zero-order valence-electron chi connectivity index (χ0n) is 11.3. The number of furan rings is 1. The molecule has 0 atom stereocenters. The highest BCUT2D eigenvalue weighted by atomic mass is 32.1.